The van der Waals surface area contributed by atoms with Gasteiger partial charge in [-0.3, -0.25) is 9.59 Å². The van der Waals surface area contributed by atoms with Crippen molar-refractivity contribution in [1.29, 1.82) is 0 Å². The molecule has 38 heavy (non-hydrogen) atoms. The minimum Gasteiger partial charge on any atom is -0.390 e. The molecule has 0 aromatic carbocycles. The van der Waals surface area contributed by atoms with Gasteiger partial charge >= 0.3 is 0 Å². The van der Waals surface area contributed by atoms with E-state index in [1.54, 1.807) is 18.0 Å². The van der Waals surface area contributed by atoms with Gasteiger partial charge in [0.1, 0.15) is 5.65 Å². The molecule has 5 atom stereocenters. The van der Waals surface area contributed by atoms with Crippen molar-refractivity contribution in [3.8, 4) is 11.5 Å². The Balaban J connectivity index is 1.13. The van der Waals surface area contributed by atoms with Crippen molar-refractivity contribution in [3.63, 3.8) is 0 Å². The molecule has 1 saturated heterocycles. The lowest BCUT2D eigenvalue weighted by atomic mass is 9.52. The highest BCUT2D eigenvalue weighted by molar-refractivity contribution is 5.97. The third-order valence-corrected chi connectivity index (χ3v) is 9.27. The maximum absolute atomic E-state index is 12.9. The summed E-state index contributed by atoms with van der Waals surface area (Å²) in [6.45, 7) is 2.81. The number of nitrogens with zero attached hydrogens (tertiary/aromatic N) is 4. The van der Waals surface area contributed by atoms with Crippen molar-refractivity contribution in [1.82, 2.24) is 30.3 Å². The maximum Gasteiger partial charge on any atom is 0.292 e. The van der Waals surface area contributed by atoms with Crippen LogP contribution in [0.15, 0.2) is 23.0 Å². The normalized spacial score (nSPS) is 30.6. The second-order valence-electron chi connectivity index (χ2n) is 11.8. The number of piperidine rings is 1. The van der Waals surface area contributed by atoms with Gasteiger partial charge in [0.15, 0.2) is 0 Å². The molecule has 4 aliphatic carbocycles. The van der Waals surface area contributed by atoms with Gasteiger partial charge < -0.3 is 30.1 Å². The van der Waals surface area contributed by atoms with Crippen LogP contribution in [0.3, 0.4) is 0 Å². The third-order valence-electron chi connectivity index (χ3n) is 9.27. The number of pyridine rings is 1. The Morgan fingerprint density at radius 1 is 1.18 bits per heavy atom. The lowest BCUT2D eigenvalue weighted by molar-refractivity contribution is -0.130. The minimum absolute atomic E-state index is 0.0223. The summed E-state index contributed by atoms with van der Waals surface area (Å²) >= 11 is 0. The van der Waals surface area contributed by atoms with Crippen LogP contribution < -0.4 is 10.6 Å². The number of aromatic amines is 1. The molecule has 1 unspecified atom stereocenters. The highest BCUT2D eigenvalue weighted by Crippen LogP contribution is 2.56. The number of carbonyl (C=O) groups excluding carboxylic acids is 2. The maximum atomic E-state index is 12.9. The number of H-pyrrole nitrogens is 1. The summed E-state index contributed by atoms with van der Waals surface area (Å²) in [5, 5.41) is 22.7. The Kier molecular flexibility index (Phi) is 5.47. The number of aromatic nitrogens is 4. The molecule has 0 spiro atoms. The van der Waals surface area contributed by atoms with Gasteiger partial charge in [0.2, 0.25) is 5.91 Å². The van der Waals surface area contributed by atoms with E-state index in [1.807, 2.05) is 12.3 Å². The first-order valence-corrected chi connectivity index (χ1v) is 13.7. The molecule has 5 aliphatic rings. The van der Waals surface area contributed by atoms with E-state index >= 15 is 0 Å². The van der Waals surface area contributed by atoms with Crippen LogP contribution in [-0.4, -0.2) is 72.7 Å². The molecule has 3 aromatic heterocycles. The van der Waals surface area contributed by atoms with E-state index in [0.29, 0.717) is 49.2 Å². The number of fused-ring (bicyclic) bond motifs is 1. The molecule has 4 heterocycles. The van der Waals surface area contributed by atoms with Crippen molar-refractivity contribution in [2.75, 3.05) is 18.4 Å². The van der Waals surface area contributed by atoms with Crippen molar-refractivity contribution in [2.24, 2.45) is 17.8 Å². The Bertz CT molecular complexity index is 1370. The van der Waals surface area contributed by atoms with E-state index in [-0.39, 0.29) is 35.6 Å². The first-order valence-electron chi connectivity index (χ1n) is 13.7. The van der Waals surface area contributed by atoms with Gasteiger partial charge in [0.05, 0.1) is 16.9 Å². The molecule has 4 saturated carbocycles. The van der Waals surface area contributed by atoms with E-state index in [9.17, 15) is 14.7 Å². The van der Waals surface area contributed by atoms with Gasteiger partial charge in [-0.05, 0) is 68.8 Å². The minimum atomic E-state index is -0.503. The Hall–Kier alpha value is -3.47. The van der Waals surface area contributed by atoms with E-state index < -0.39 is 5.60 Å². The SMILES string of the molecule is CC(=O)N1CCC(NC(=O)c2noc(-c3cnc4[nH]ccc4c3N[C@H]3[C@@H]4CC5C[C@H]3C[C@@](O)(C5)C4)n2)CC1. The summed E-state index contributed by atoms with van der Waals surface area (Å²) in [6.07, 6.45) is 9.85. The molecule has 11 heteroatoms. The number of nitrogens with one attached hydrogen (secondary N) is 3. The first kappa shape index (κ1) is 23.6. The molecule has 2 amide bonds. The van der Waals surface area contributed by atoms with E-state index in [0.717, 1.165) is 48.8 Å². The summed E-state index contributed by atoms with van der Waals surface area (Å²) in [4.78, 5) is 38.4. The third kappa shape index (κ3) is 4.03. The topological polar surface area (TPSA) is 149 Å². The van der Waals surface area contributed by atoms with Gasteiger partial charge in [-0.25, -0.2) is 4.98 Å². The van der Waals surface area contributed by atoms with Crippen LogP contribution in [0.1, 0.15) is 62.5 Å². The molecule has 4 bridgehead atoms. The van der Waals surface area contributed by atoms with Crippen LogP contribution in [0.4, 0.5) is 5.69 Å². The molecule has 5 fully saturated rings. The number of hydrogen-bond donors (Lipinski definition) is 4. The Morgan fingerprint density at radius 3 is 2.66 bits per heavy atom. The van der Waals surface area contributed by atoms with Crippen LogP contribution in [-0.2, 0) is 4.79 Å². The molecule has 200 valence electrons. The second kappa shape index (κ2) is 8.79. The molecule has 0 radical (unpaired) electrons. The predicted molar refractivity (Wildman–Crippen MR) is 138 cm³/mol. The fraction of sp³-hybridized carbons (Fsp3) is 0.593. The molecular formula is C27H33N7O4. The number of aliphatic hydroxyl groups is 1. The van der Waals surface area contributed by atoms with Gasteiger partial charge in [-0.1, -0.05) is 5.16 Å². The van der Waals surface area contributed by atoms with Crippen molar-refractivity contribution < 1.29 is 19.2 Å². The number of hydrogen-bond acceptors (Lipinski definition) is 8. The first-order chi connectivity index (χ1) is 18.3. The standard InChI is InChI=1S/C27H33N7O4/c1-14(35)34-6-3-18(4-7-34)30-25(36)24-32-26(38-33-24)20-13-29-23-19(2-5-28-23)22(20)31-21-16-8-15-9-17(21)12-27(37,10-15)11-16/h2,5,13,15-18,21,37H,3-4,6-12H2,1H3,(H,30,36)(H2,28,29,31)/t15?,16-,17+,21+,27-. The van der Waals surface area contributed by atoms with Gasteiger partial charge in [-0.2, -0.15) is 4.98 Å². The molecule has 4 N–H and O–H groups in total. The zero-order valence-electron chi connectivity index (χ0n) is 21.4. The number of rotatable bonds is 5. The Labute approximate surface area is 219 Å². The highest BCUT2D eigenvalue weighted by Gasteiger charge is 2.54. The van der Waals surface area contributed by atoms with E-state index in [2.05, 4.69) is 30.7 Å². The molecule has 1 aliphatic heterocycles. The highest BCUT2D eigenvalue weighted by atomic mass is 16.5. The lowest BCUT2D eigenvalue weighted by Gasteiger charge is -2.58. The van der Waals surface area contributed by atoms with E-state index in [4.69, 9.17) is 4.52 Å². The monoisotopic (exact) mass is 519 g/mol. The van der Waals surface area contributed by atoms with Crippen molar-refractivity contribution >= 4 is 28.5 Å². The van der Waals surface area contributed by atoms with Crippen LogP contribution >= 0.6 is 0 Å². The zero-order valence-corrected chi connectivity index (χ0v) is 21.4. The van der Waals surface area contributed by atoms with E-state index in [1.165, 1.54) is 0 Å². The fourth-order valence-electron chi connectivity index (χ4n) is 7.72. The second-order valence-corrected chi connectivity index (χ2v) is 11.8. The average Bonchev–Trinajstić information content (AvgIpc) is 3.56. The van der Waals surface area contributed by atoms with Gasteiger partial charge in [0, 0.05) is 49.9 Å². The van der Waals surface area contributed by atoms with Crippen LogP contribution in [0.25, 0.3) is 22.5 Å². The molecular weight excluding hydrogens is 486 g/mol. The molecule has 3 aromatic rings. The quantitative estimate of drug-likeness (QED) is 0.402. The van der Waals surface area contributed by atoms with Gasteiger partial charge in [-0.15, -0.1) is 0 Å². The number of amides is 2. The molecule has 8 rings (SSSR count). The number of carbonyl (C=O) groups is 2. The summed E-state index contributed by atoms with van der Waals surface area (Å²) in [7, 11) is 0. The van der Waals surface area contributed by atoms with Crippen LogP contribution in [0, 0.1) is 17.8 Å². The average molecular weight is 520 g/mol. The number of anilines is 1. The van der Waals surface area contributed by atoms with Crippen LogP contribution in [0.2, 0.25) is 0 Å². The summed E-state index contributed by atoms with van der Waals surface area (Å²) in [5.41, 5.74) is 1.78. The predicted octanol–water partition coefficient (Wildman–Crippen LogP) is 2.71. The summed E-state index contributed by atoms with van der Waals surface area (Å²) in [6, 6.07) is 2.19. The smallest absolute Gasteiger partial charge is 0.292 e. The van der Waals surface area contributed by atoms with Gasteiger partial charge in [0.25, 0.3) is 17.6 Å². The number of likely N-dealkylation sites (tertiary alicyclic amines) is 1. The summed E-state index contributed by atoms with van der Waals surface area (Å²) in [5.74, 6) is 1.33. The van der Waals surface area contributed by atoms with Crippen molar-refractivity contribution in [3.05, 3.63) is 24.3 Å². The largest absolute Gasteiger partial charge is 0.390 e. The summed E-state index contributed by atoms with van der Waals surface area (Å²) < 4.78 is 5.59. The fourth-order valence-corrected chi connectivity index (χ4v) is 7.72. The lowest BCUT2D eigenvalue weighted by Crippen LogP contribution is -2.59. The zero-order chi connectivity index (χ0) is 26.0. The van der Waals surface area contributed by atoms with Crippen LogP contribution in [0.5, 0.6) is 0 Å². The van der Waals surface area contributed by atoms with Crippen molar-refractivity contribution in [2.45, 2.75) is 69.6 Å². The molecule has 11 nitrogen and oxygen atoms in total. The Morgan fingerprint density at radius 2 is 1.95 bits per heavy atom.